The molecule has 1 N–H and O–H groups in total. The van der Waals surface area contributed by atoms with Crippen LogP contribution in [0, 0.1) is 0 Å². The van der Waals surface area contributed by atoms with Crippen molar-refractivity contribution in [3.63, 3.8) is 0 Å². The fourth-order valence-corrected chi connectivity index (χ4v) is 3.79. The SMILES string of the molecule is COc1ccccc1-c1cnccc1C(=O)Nc1nc2c(s1)=CC=CCC=2. The Morgan fingerprint density at radius 1 is 1.22 bits per heavy atom. The van der Waals surface area contributed by atoms with Gasteiger partial charge in [-0.3, -0.25) is 15.1 Å². The van der Waals surface area contributed by atoms with Crippen molar-refractivity contribution in [2.75, 3.05) is 12.4 Å². The monoisotopic (exact) mass is 375 g/mol. The van der Waals surface area contributed by atoms with Gasteiger partial charge in [0.05, 0.1) is 22.6 Å². The van der Waals surface area contributed by atoms with Crippen LogP contribution in [0.4, 0.5) is 5.13 Å². The van der Waals surface area contributed by atoms with Gasteiger partial charge in [0.1, 0.15) is 5.75 Å². The van der Waals surface area contributed by atoms with Crippen LogP contribution in [0.1, 0.15) is 16.8 Å². The molecule has 2 aromatic heterocycles. The normalized spacial score (nSPS) is 12.3. The summed E-state index contributed by atoms with van der Waals surface area (Å²) < 4.78 is 6.48. The van der Waals surface area contributed by atoms with E-state index < -0.39 is 0 Å². The maximum absolute atomic E-state index is 12.9. The molecule has 1 aliphatic carbocycles. The van der Waals surface area contributed by atoms with Gasteiger partial charge in [0.25, 0.3) is 5.91 Å². The summed E-state index contributed by atoms with van der Waals surface area (Å²) in [6.07, 6.45) is 12.3. The number of thiazole rings is 1. The van der Waals surface area contributed by atoms with Gasteiger partial charge in [-0.2, -0.15) is 0 Å². The van der Waals surface area contributed by atoms with Crippen molar-refractivity contribution in [1.82, 2.24) is 9.97 Å². The predicted octanol–water partition coefficient (Wildman–Crippen LogP) is 2.99. The molecule has 0 bridgehead atoms. The minimum atomic E-state index is -0.224. The van der Waals surface area contributed by atoms with Crippen LogP contribution in [-0.2, 0) is 0 Å². The number of hydrogen-bond acceptors (Lipinski definition) is 5. The molecular weight excluding hydrogens is 358 g/mol. The molecule has 0 spiro atoms. The van der Waals surface area contributed by atoms with Crippen LogP contribution < -0.4 is 19.9 Å². The van der Waals surface area contributed by atoms with Gasteiger partial charge < -0.3 is 4.74 Å². The summed E-state index contributed by atoms with van der Waals surface area (Å²) in [6.45, 7) is 0. The second kappa shape index (κ2) is 7.55. The molecule has 0 saturated carbocycles. The quantitative estimate of drug-likeness (QED) is 0.761. The van der Waals surface area contributed by atoms with Crippen LogP contribution in [0.15, 0.2) is 54.9 Å². The number of aromatic nitrogens is 2. The number of anilines is 1. The van der Waals surface area contributed by atoms with Gasteiger partial charge in [-0.05, 0) is 24.6 Å². The molecule has 3 aromatic rings. The third kappa shape index (κ3) is 3.52. The highest BCUT2D eigenvalue weighted by Crippen LogP contribution is 2.31. The molecule has 1 aliphatic rings. The van der Waals surface area contributed by atoms with Gasteiger partial charge in [0.15, 0.2) is 5.13 Å². The zero-order valence-electron chi connectivity index (χ0n) is 14.7. The van der Waals surface area contributed by atoms with E-state index in [9.17, 15) is 4.79 Å². The number of allylic oxidation sites excluding steroid dienone is 2. The van der Waals surface area contributed by atoms with Crippen molar-refractivity contribution in [3.05, 3.63) is 70.3 Å². The summed E-state index contributed by atoms with van der Waals surface area (Å²) >= 11 is 1.46. The minimum absolute atomic E-state index is 0.224. The predicted molar refractivity (Wildman–Crippen MR) is 108 cm³/mol. The van der Waals surface area contributed by atoms with Gasteiger partial charge in [-0.15, -0.1) is 0 Å². The number of fused-ring (bicyclic) bond motifs is 1. The summed E-state index contributed by atoms with van der Waals surface area (Å²) in [6, 6.07) is 9.28. The smallest absolute Gasteiger partial charge is 0.258 e. The number of para-hydroxylation sites is 1. The largest absolute Gasteiger partial charge is 0.496 e. The van der Waals surface area contributed by atoms with E-state index in [2.05, 4.69) is 21.4 Å². The molecule has 0 unspecified atom stereocenters. The Morgan fingerprint density at radius 2 is 2.11 bits per heavy atom. The second-order valence-electron chi connectivity index (χ2n) is 5.88. The molecule has 0 saturated heterocycles. The average molecular weight is 375 g/mol. The van der Waals surface area contributed by atoms with E-state index in [4.69, 9.17) is 4.74 Å². The number of ether oxygens (including phenoxy) is 1. The lowest BCUT2D eigenvalue weighted by molar-refractivity contribution is 0.102. The van der Waals surface area contributed by atoms with E-state index in [1.165, 1.54) is 11.3 Å². The van der Waals surface area contributed by atoms with E-state index >= 15 is 0 Å². The van der Waals surface area contributed by atoms with Gasteiger partial charge in [0.2, 0.25) is 0 Å². The Balaban J connectivity index is 1.70. The van der Waals surface area contributed by atoms with Gasteiger partial charge in [-0.1, -0.05) is 47.8 Å². The van der Waals surface area contributed by atoms with E-state index in [-0.39, 0.29) is 5.91 Å². The van der Waals surface area contributed by atoms with Crippen LogP contribution in [0.25, 0.3) is 23.3 Å². The van der Waals surface area contributed by atoms with Crippen LogP contribution in [-0.4, -0.2) is 23.0 Å². The van der Waals surface area contributed by atoms with Crippen molar-refractivity contribution in [3.8, 4) is 16.9 Å². The summed E-state index contributed by atoms with van der Waals surface area (Å²) in [5.74, 6) is 0.467. The summed E-state index contributed by atoms with van der Waals surface area (Å²) in [7, 11) is 1.61. The Hall–Kier alpha value is -3.25. The topological polar surface area (TPSA) is 64.1 Å². The molecule has 0 radical (unpaired) electrons. The number of pyridine rings is 1. The summed E-state index contributed by atoms with van der Waals surface area (Å²) in [5.41, 5.74) is 2.05. The van der Waals surface area contributed by atoms with Crippen LogP contribution >= 0.6 is 11.3 Å². The van der Waals surface area contributed by atoms with Gasteiger partial charge in [0, 0.05) is 23.5 Å². The Morgan fingerprint density at radius 3 is 3.00 bits per heavy atom. The number of nitrogens with zero attached hydrogens (tertiary/aromatic N) is 2. The zero-order chi connectivity index (χ0) is 18.6. The molecule has 6 heteroatoms. The first-order valence-electron chi connectivity index (χ1n) is 8.49. The van der Waals surface area contributed by atoms with Crippen molar-refractivity contribution in [1.29, 1.82) is 0 Å². The van der Waals surface area contributed by atoms with Crippen molar-refractivity contribution < 1.29 is 9.53 Å². The number of hydrogen-bond donors (Lipinski definition) is 1. The van der Waals surface area contributed by atoms with Crippen LogP contribution in [0.3, 0.4) is 0 Å². The molecule has 2 heterocycles. The molecule has 0 aliphatic heterocycles. The molecule has 1 amide bonds. The fraction of sp³-hybridized carbons (Fsp3) is 0.0952. The van der Waals surface area contributed by atoms with Crippen molar-refractivity contribution in [2.45, 2.75) is 6.42 Å². The van der Waals surface area contributed by atoms with E-state index in [1.807, 2.05) is 42.5 Å². The maximum Gasteiger partial charge on any atom is 0.258 e. The summed E-state index contributed by atoms with van der Waals surface area (Å²) in [4.78, 5) is 21.7. The standard InChI is InChI=1S/C21H17N3O2S/c1-26-18-9-6-5-7-14(18)16-13-22-12-11-15(16)20(25)24-21-23-17-8-3-2-4-10-19(17)27-21/h2,4-13H,3H2,1H3,(H,23,24,25). The number of benzene rings is 1. The first-order chi connectivity index (χ1) is 13.3. The molecule has 4 rings (SSSR count). The lowest BCUT2D eigenvalue weighted by Gasteiger charge is -2.12. The Bertz CT molecular complexity index is 1150. The molecule has 1 aromatic carbocycles. The molecule has 0 atom stereocenters. The molecule has 134 valence electrons. The molecular formula is C21H17N3O2S. The third-order valence-electron chi connectivity index (χ3n) is 4.20. The maximum atomic E-state index is 12.9. The molecule has 0 fully saturated rings. The Kier molecular flexibility index (Phi) is 4.80. The minimum Gasteiger partial charge on any atom is -0.496 e. The highest BCUT2D eigenvalue weighted by molar-refractivity contribution is 7.13. The van der Waals surface area contributed by atoms with E-state index in [1.54, 1.807) is 25.6 Å². The lowest BCUT2D eigenvalue weighted by atomic mass is 10.0. The highest BCUT2D eigenvalue weighted by atomic mass is 32.1. The average Bonchev–Trinajstić information content (AvgIpc) is 2.95. The lowest BCUT2D eigenvalue weighted by Crippen LogP contribution is -2.20. The van der Waals surface area contributed by atoms with E-state index in [0.717, 1.165) is 21.9 Å². The second-order valence-corrected chi connectivity index (χ2v) is 6.91. The molecule has 5 nitrogen and oxygen atoms in total. The van der Waals surface area contributed by atoms with Gasteiger partial charge in [-0.25, -0.2) is 4.98 Å². The van der Waals surface area contributed by atoms with Crippen molar-refractivity contribution >= 4 is 34.5 Å². The number of nitrogens with one attached hydrogen (secondary N) is 1. The zero-order valence-corrected chi connectivity index (χ0v) is 15.5. The van der Waals surface area contributed by atoms with Crippen LogP contribution in [0.2, 0.25) is 0 Å². The van der Waals surface area contributed by atoms with Crippen LogP contribution in [0.5, 0.6) is 5.75 Å². The molecule has 27 heavy (non-hydrogen) atoms. The Labute approximate surface area is 160 Å². The number of rotatable bonds is 4. The first-order valence-corrected chi connectivity index (χ1v) is 9.30. The third-order valence-corrected chi connectivity index (χ3v) is 5.15. The number of methoxy groups -OCH3 is 1. The number of amides is 1. The fourth-order valence-electron chi connectivity index (χ4n) is 2.92. The number of carbonyl (C=O) groups excluding carboxylic acids is 1. The number of carbonyl (C=O) groups is 1. The highest BCUT2D eigenvalue weighted by Gasteiger charge is 2.17. The van der Waals surface area contributed by atoms with E-state index in [0.29, 0.717) is 22.0 Å². The van der Waals surface area contributed by atoms with Gasteiger partial charge >= 0.3 is 0 Å². The first kappa shape index (κ1) is 17.2. The van der Waals surface area contributed by atoms with Crippen molar-refractivity contribution in [2.24, 2.45) is 0 Å². The summed E-state index contributed by atoms with van der Waals surface area (Å²) in [5, 5.41) is 4.40.